The number of hydrogen-bond donors (Lipinski definition) is 1. The second-order valence-electron chi connectivity index (χ2n) is 5.08. The molecular formula is C13H17N. The van der Waals surface area contributed by atoms with Crippen molar-refractivity contribution >= 4 is 0 Å². The van der Waals surface area contributed by atoms with Crippen molar-refractivity contribution in [3.8, 4) is 0 Å². The van der Waals surface area contributed by atoms with Gasteiger partial charge in [-0.3, -0.25) is 0 Å². The Balaban J connectivity index is 2.23. The Morgan fingerprint density at radius 2 is 2.14 bits per heavy atom. The molecule has 1 aromatic carbocycles. The summed E-state index contributed by atoms with van der Waals surface area (Å²) in [5.74, 6) is 0.739. The van der Waals surface area contributed by atoms with E-state index in [1.165, 1.54) is 24.8 Å². The first-order chi connectivity index (χ1) is 6.72. The molecule has 1 nitrogen and oxygen atoms in total. The summed E-state index contributed by atoms with van der Waals surface area (Å²) in [6.07, 6.45) is 3.80. The monoisotopic (exact) mass is 187 g/mol. The molecule has 0 saturated heterocycles. The van der Waals surface area contributed by atoms with Gasteiger partial charge in [0.15, 0.2) is 0 Å². The van der Waals surface area contributed by atoms with E-state index in [1.54, 1.807) is 5.56 Å². The number of rotatable bonds is 0. The van der Waals surface area contributed by atoms with Crippen molar-refractivity contribution in [3.63, 3.8) is 0 Å². The lowest BCUT2D eigenvalue weighted by molar-refractivity contribution is 0.218. The van der Waals surface area contributed by atoms with Crippen LogP contribution >= 0.6 is 0 Å². The molecule has 0 radical (unpaired) electrons. The molecule has 4 rings (SSSR count). The highest BCUT2D eigenvalue weighted by molar-refractivity contribution is 5.43. The molecule has 1 saturated carbocycles. The van der Waals surface area contributed by atoms with Crippen LogP contribution < -0.4 is 5.73 Å². The van der Waals surface area contributed by atoms with E-state index < -0.39 is 0 Å². The summed E-state index contributed by atoms with van der Waals surface area (Å²) in [5, 5.41) is 0. The van der Waals surface area contributed by atoms with Crippen LogP contribution in [0.15, 0.2) is 24.3 Å². The molecule has 1 aromatic rings. The molecule has 3 atom stereocenters. The molecule has 0 unspecified atom stereocenters. The second-order valence-corrected chi connectivity index (χ2v) is 5.08. The van der Waals surface area contributed by atoms with Gasteiger partial charge in [0.25, 0.3) is 0 Å². The van der Waals surface area contributed by atoms with Gasteiger partial charge in [-0.25, -0.2) is 0 Å². The SMILES string of the molecule is C[C@@]12CC[C@@H](C[C@@H]1N)c1ccccc12. The van der Waals surface area contributed by atoms with E-state index in [2.05, 4.69) is 31.2 Å². The fourth-order valence-corrected chi connectivity index (χ4v) is 3.33. The van der Waals surface area contributed by atoms with E-state index in [-0.39, 0.29) is 5.41 Å². The van der Waals surface area contributed by atoms with E-state index in [1.807, 2.05) is 0 Å². The zero-order valence-corrected chi connectivity index (χ0v) is 8.66. The number of benzene rings is 1. The summed E-state index contributed by atoms with van der Waals surface area (Å²) in [7, 11) is 0. The van der Waals surface area contributed by atoms with Gasteiger partial charge >= 0.3 is 0 Å². The van der Waals surface area contributed by atoms with Gasteiger partial charge in [0, 0.05) is 11.5 Å². The minimum Gasteiger partial charge on any atom is -0.327 e. The van der Waals surface area contributed by atoms with Crippen LogP contribution in [0.25, 0.3) is 0 Å². The predicted molar refractivity (Wildman–Crippen MR) is 58.4 cm³/mol. The van der Waals surface area contributed by atoms with E-state index in [0.29, 0.717) is 6.04 Å². The zero-order valence-electron chi connectivity index (χ0n) is 8.66. The minimum absolute atomic E-state index is 0.255. The number of hydrogen-bond acceptors (Lipinski definition) is 1. The molecule has 1 fully saturated rings. The largest absolute Gasteiger partial charge is 0.327 e. The van der Waals surface area contributed by atoms with Crippen molar-refractivity contribution in [3.05, 3.63) is 35.4 Å². The van der Waals surface area contributed by atoms with E-state index in [4.69, 9.17) is 5.73 Å². The topological polar surface area (TPSA) is 26.0 Å². The second kappa shape index (κ2) is 2.60. The summed E-state index contributed by atoms with van der Waals surface area (Å²) in [5.41, 5.74) is 9.62. The molecule has 0 heterocycles. The van der Waals surface area contributed by atoms with Gasteiger partial charge in [0.2, 0.25) is 0 Å². The Kier molecular flexibility index (Phi) is 1.58. The van der Waals surface area contributed by atoms with Crippen LogP contribution in [0.3, 0.4) is 0 Å². The van der Waals surface area contributed by atoms with Crippen LogP contribution in [0.4, 0.5) is 0 Å². The molecule has 2 N–H and O–H groups in total. The Hall–Kier alpha value is -0.820. The summed E-state index contributed by atoms with van der Waals surface area (Å²) in [6, 6.07) is 9.26. The van der Waals surface area contributed by atoms with E-state index in [9.17, 15) is 0 Å². The van der Waals surface area contributed by atoms with Crippen molar-refractivity contribution in [1.29, 1.82) is 0 Å². The summed E-state index contributed by atoms with van der Waals surface area (Å²) >= 11 is 0. The highest BCUT2D eigenvalue weighted by Crippen LogP contribution is 2.52. The maximum absolute atomic E-state index is 6.27. The van der Waals surface area contributed by atoms with Gasteiger partial charge < -0.3 is 5.73 Å². The first-order valence-corrected chi connectivity index (χ1v) is 5.57. The van der Waals surface area contributed by atoms with E-state index in [0.717, 1.165) is 5.92 Å². The average molecular weight is 187 g/mol. The summed E-state index contributed by atoms with van der Waals surface area (Å²) in [6.45, 7) is 2.34. The lowest BCUT2D eigenvalue weighted by atomic mass is 9.56. The van der Waals surface area contributed by atoms with Crippen LogP contribution in [0, 0.1) is 0 Å². The van der Waals surface area contributed by atoms with Gasteiger partial charge in [-0.15, -0.1) is 0 Å². The zero-order chi connectivity index (χ0) is 9.76. The Morgan fingerprint density at radius 3 is 2.93 bits per heavy atom. The molecule has 0 aliphatic heterocycles. The third-order valence-electron chi connectivity index (χ3n) is 4.38. The molecule has 74 valence electrons. The van der Waals surface area contributed by atoms with Crippen molar-refractivity contribution in [2.45, 2.75) is 43.6 Å². The van der Waals surface area contributed by atoms with Gasteiger partial charge in [-0.05, 0) is 36.3 Å². The van der Waals surface area contributed by atoms with Gasteiger partial charge in [-0.1, -0.05) is 31.2 Å². The fraction of sp³-hybridized carbons (Fsp3) is 0.538. The highest BCUT2D eigenvalue weighted by Gasteiger charge is 2.46. The average Bonchev–Trinajstić information content (AvgIpc) is 2.22. The number of fused-ring (bicyclic) bond motifs is 2. The third-order valence-corrected chi connectivity index (χ3v) is 4.38. The van der Waals surface area contributed by atoms with Crippen molar-refractivity contribution in [1.82, 2.24) is 0 Å². The van der Waals surface area contributed by atoms with Gasteiger partial charge in [0.1, 0.15) is 0 Å². The van der Waals surface area contributed by atoms with Crippen LogP contribution in [-0.4, -0.2) is 6.04 Å². The number of nitrogens with two attached hydrogens (primary N) is 1. The molecule has 1 heteroatoms. The first-order valence-electron chi connectivity index (χ1n) is 5.57. The summed E-state index contributed by atoms with van der Waals surface area (Å²) in [4.78, 5) is 0. The predicted octanol–water partition coefficient (Wildman–Crippen LogP) is 2.55. The lowest BCUT2D eigenvalue weighted by Gasteiger charge is -2.50. The molecule has 0 aromatic heterocycles. The van der Waals surface area contributed by atoms with Crippen LogP contribution in [0.5, 0.6) is 0 Å². The quantitative estimate of drug-likeness (QED) is 0.663. The van der Waals surface area contributed by atoms with Gasteiger partial charge in [-0.2, -0.15) is 0 Å². The fourth-order valence-electron chi connectivity index (χ4n) is 3.33. The smallest absolute Gasteiger partial charge is 0.0140 e. The Labute approximate surface area is 85.3 Å². The Morgan fingerprint density at radius 1 is 1.36 bits per heavy atom. The molecule has 0 spiro atoms. The maximum Gasteiger partial charge on any atom is 0.0140 e. The standard InChI is InChI=1S/C13H17N/c1-13-7-6-9(8-12(13)14)10-4-2-3-5-11(10)13/h2-5,9,12H,6-8,14H2,1H3/t9-,12-,13-/m0/s1. The van der Waals surface area contributed by atoms with Gasteiger partial charge in [0.05, 0.1) is 0 Å². The Bertz CT molecular complexity index is 371. The van der Waals surface area contributed by atoms with Crippen molar-refractivity contribution in [2.75, 3.05) is 0 Å². The molecule has 2 bridgehead atoms. The van der Waals surface area contributed by atoms with E-state index >= 15 is 0 Å². The van der Waals surface area contributed by atoms with Crippen LogP contribution in [0.1, 0.15) is 43.2 Å². The molecule has 0 amide bonds. The third kappa shape index (κ3) is 0.885. The van der Waals surface area contributed by atoms with Crippen molar-refractivity contribution in [2.24, 2.45) is 5.73 Å². The van der Waals surface area contributed by atoms with Crippen molar-refractivity contribution < 1.29 is 0 Å². The minimum atomic E-state index is 0.255. The molecule has 3 aliphatic rings. The highest BCUT2D eigenvalue weighted by atomic mass is 14.7. The van der Waals surface area contributed by atoms with Crippen LogP contribution in [-0.2, 0) is 5.41 Å². The first kappa shape index (κ1) is 8.49. The molecular weight excluding hydrogens is 170 g/mol. The van der Waals surface area contributed by atoms with Crippen LogP contribution in [0.2, 0.25) is 0 Å². The maximum atomic E-state index is 6.27. The molecule has 3 aliphatic carbocycles. The normalized spacial score (nSPS) is 39.6. The summed E-state index contributed by atoms with van der Waals surface area (Å²) < 4.78 is 0. The molecule has 14 heavy (non-hydrogen) atoms. The lowest BCUT2D eigenvalue weighted by Crippen LogP contribution is -2.51.